The summed E-state index contributed by atoms with van der Waals surface area (Å²) in [5, 5.41) is 0. The van der Waals surface area contributed by atoms with Gasteiger partial charge in [-0.05, 0) is 44.3 Å². The summed E-state index contributed by atoms with van der Waals surface area (Å²) in [5.41, 5.74) is 7.47. The van der Waals surface area contributed by atoms with Gasteiger partial charge in [0.25, 0.3) is 0 Å². The molecule has 2 rings (SSSR count). The van der Waals surface area contributed by atoms with Gasteiger partial charge in [-0.2, -0.15) is 0 Å². The Morgan fingerprint density at radius 3 is 2.63 bits per heavy atom. The Labute approximate surface area is 116 Å². The van der Waals surface area contributed by atoms with Crippen molar-refractivity contribution in [1.29, 1.82) is 0 Å². The van der Waals surface area contributed by atoms with E-state index in [1.807, 2.05) is 6.07 Å². The molecule has 0 spiro atoms. The SMILES string of the molecule is CN(CCC(N)c1ccccc1)CC1CCOCC1. The fraction of sp³-hybridized carbons (Fsp3) is 0.625. The Morgan fingerprint density at radius 1 is 1.26 bits per heavy atom. The van der Waals surface area contributed by atoms with Gasteiger partial charge in [-0.3, -0.25) is 0 Å². The smallest absolute Gasteiger partial charge is 0.0469 e. The van der Waals surface area contributed by atoms with Gasteiger partial charge in [0.1, 0.15) is 0 Å². The third kappa shape index (κ3) is 4.94. The van der Waals surface area contributed by atoms with E-state index in [-0.39, 0.29) is 6.04 Å². The summed E-state index contributed by atoms with van der Waals surface area (Å²) in [5.74, 6) is 0.798. The Bertz CT molecular complexity index is 349. The Hall–Kier alpha value is -0.900. The summed E-state index contributed by atoms with van der Waals surface area (Å²) in [6, 6.07) is 10.5. The molecule has 1 saturated heterocycles. The second kappa shape index (κ2) is 7.63. The topological polar surface area (TPSA) is 38.5 Å². The van der Waals surface area contributed by atoms with E-state index >= 15 is 0 Å². The standard InChI is InChI=1S/C16H26N2O/c1-18(13-14-8-11-19-12-9-14)10-7-16(17)15-5-3-2-4-6-15/h2-6,14,16H,7-13,17H2,1H3. The number of rotatable bonds is 6. The molecule has 106 valence electrons. The average Bonchev–Trinajstić information content (AvgIpc) is 2.47. The van der Waals surface area contributed by atoms with E-state index in [2.05, 4.69) is 36.2 Å². The first-order valence-corrected chi connectivity index (χ1v) is 7.32. The summed E-state index contributed by atoms with van der Waals surface area (Å²) in [6.45, 7) is 4.10. The Balaban J connectivity index is 1.69. The van der Waals surface area contributed by atoms with E-state index in [0.717, 1.165) is 32.1 Å². The third-order valence-electron chi connectivity index (χ3n) is 3.96. The van der Waals surface area contributed by atoms with Crippen LogP contribution in [-0.2, 0) is 4.74 Å². The van der Waals surface area contributed by atoms with E-state index in [0.29, 0.717) is 0 Å². The normalized spacial score (nSPS) is 18.7. The van der Waals surface area contributed by atoms with Crippen molar-refractivity contribution in [3.63, 3.8) is 0 Å². The minimum atomic E-state index is 0.151. The van der Waals surface area contributed by atoms with Gasteiger partial charge in [0.15, 0.2) is 0 Å². The molecule has 1 atom stereocenters. The molecule has 0 aromatic heterocycles. The van der Waals surface area contributed by atoms with Crippen LogP contribution in [0.5, 0.6) is 0 Å². The van der Waals surface area contributed by atoms with Crippen LogP contribution >= 0.6 is 0 Å². The van der Waals surface area contributed by atoms with Crippen molar-refractivity contribution in [2.45, 2.75) is 25.3 Å². The molecular weight excluding hydrogens is 236 g/mol. The lowest BCUT2D eigenvalue weighted by Gasteiger charge is -2.27. The van der Waals surface area contributed by atoms with Crippen molar-refractivity contribution in [3.8, 4) is 0 Å². The van der Waals surface area contributed by atoms with Crippen LogP contribution in [0.2, 0.25) is 0 Å². The van der Waals surface area contributed by atoms with Gasteiger partial charge in [0, 0.05) is 25.8 Å². The highest BCUT2D eigenvalue weighted by atomic mass is 16.5. The van der Waals surface area contributed by atoms with Gasteiger partial charge in [-0.25, -0.2) is 0 Å². The number of hydrogen-bond acceptors (Lipinski definition) is 3. The van der Waals surface area contributed by atoms with Gasteiger partial charge in [-0.15, -0.1) is 0 Å². The van der Waals surface area contributed by atoms with Gasteiger partial charge in [-0.1, -0.05) is 30.3 Å². The molecule has 1 aliphatic heterocycles. The molecule has 0 saturated carbocycles. The average molecular weight is 262 g/mol. The Morgan fingerprint density at radius 2 is 1.95 bits per heavy atom. The van der Waals surface area contributed by atoms with E-state index in [1.165, 1.54) is 24.9 Å². The van der Waals surface area contributed by atoms with E-state index < -0.39 is 0 Å². The number of hydrogen-bond donors (Lipinski definition) is 1. The first-order valence-electron chi connectivity index (χ1n) is 7.32. The van der Waals surface area contributed by atoms with Crippen molar-refractivity contribution in [2.24, 2.45) is 11.7 Å². The number of nitrogens with zero attached hydrogens (tertiary/aromatic N) is 1. The molecular formula is C16H26N2O. The minimum absolute atomic E-state index is 0.151. The highest BCUT2D eigenvalue weighted by Crippen LogP contribution is 2.17. The number of ether oxygens (including phenoxy) is 1. The molecule has 1 unspecified atom stereocenters. The molecule has 3 heteroatoms. The molecule has 0 amide bonds. The van der Waals surface area contributed by atoms with E-state index in [1.54, 1.807) is 0 Å². The van der Waals surface area contributed by atoms with Crippen LogP contribution in [0.4, 0.5) is 0 Å². The van der Waals surface area contributed by atoms with Crippen molar-refractivity contribution in [3.05, 3.63) is 35.9 Å². The van der Waals surface area contributed by atoms with E-state index in [9.17, 15) is 0 Å². The van der Waals surface area contributed by atoms with Crippen LogP contribution in [0.25, 0.3) is 0 Å². The maximum atomic E-state index is 6.23. The zero-order valence-corrected chi connectivity index (χ0v) is 11.9. The second-order valence-corrected chi connectivity index (χ2v) is 5.62. The zero-order valence-electron chi connectivity index (χ0n) is 11.9. The van der Waals surface area contributed by atoms with Crippen LogP contribution in [0.3, 0.4) is 0 Å². The molecule has 0 radical (unpaired) electrons. The van der Waals surface area contributed by atoms with Crippen LogP contribution in [0, 0.1) is 5.92 Å². The maximum Gasteiger partial charge on any atom is 0.0469 e. The fourth-order valence-electron chi connectivity index (χ4n) is 2.69. The fourth-order valence-corrected chi connectivity index (χ4v) is 2.69. The van der Waals surface area contributed by atoms with Crippen LogP contribution in [0.15, 0.2) is 30.3 Å². The van der Waals surface area contributed by atoms with Crippen molar-refractivity contribution < 1.29 is 4.74 Å². The second-order valence-electron chi connectivity index (χ2n) is 5.62. The van der Waals surface area contributed by atoms with Crippen LogP contribution < -0.4 is 5.73 Å². The molecule has 0 aliphatic carbocycles. The molecule has 3 nitrogen and oxygen atoms in total. The summed E-state index contributed by atoms with van der Waals surface area (Å²) >= 11 is 0. The lowest BCUT2D eigenvalue weighted by atomic mass is 9.99. The van der Waals surface area contributed by atoms with Gasteiger partial charge in [0.2, 0.25) is 0 Å². The largest absolute Gasteiger partial charge is 0.381 e. The minimum Gasteiger partial charge on any atom is -0.381 e. The van der Waals surface area contributed by atoms with Crippen LogP contribution in [-0.4, -0.2) is 38.3 Å². The van der Waals surface area contributed by atoms with Crippen molar-refractivity contribution >= 4 is 0 Å². The maximum absolute atomic E-state index is 6.23. The highest BCUT2D eigenvalue weighted by Gasteiger charge is 2.16. The predicted octanol–water partition coefficient (Wildman–Crippen LogP) is 2.43. The van der Waals surface area contributed by atoms with Crippen LogP contribution in [0.1, 0.15) is 30.9 Å². The first kappa shape index (κ1) is 14.5. The monoisotopic (exact) mass is 262 g/mol. The summed E-state index contributed by atoms with van der Waals surface area (Å²) in [6.07, 6.45) is 3.42. The molecule has 19 heavy (non-hydrogen) atoms. The molecule has 0 bridgehead atoms. The van der Waals surface area contributed by atoms with E-state index in [4.69, 9.17) is 10.5 Å². The molecule has 1 aromatic rings. The summed E-state index contributed by atoms with van der Waals surface area (Å²) in [7, 11) is 2.20. The zero-order chi connectivity index (χ0) is 13.5. The molecule has 1 aliphatic rings. The first-order chi connectivity index (χ1) is 9.25. The summed E-state index contributed by atoms with van der Waals surface area (Å²) < 4.78 is 5.40. The molecule has 1 heterocycles. The van der Waals surface area contributed by atoms with Crippen molar-refractivity contribution in [1.82, 2.24) is 4.90 Å². The molecule has 1 fully saturated rings. The highest BCUT2D eigenvalue weighted by molar-refractivity contribution is 5.18. The van der Waals surface area contributed by atoms with Gasteiger partial charge in [0.05, 0.1) is 0 Å². The van der Waals surface area contributed by atoms with Gasteiger partial charge >= 0.3 is 0 Å². The van der Waals surface area contributed by atoms with Gasteiger partial charge < -0.3 is 15.4 Å². The third-order valence-corrected chi connectivity index (χ3v) is 3.96. The number of benzene rings is 1. The van der Waals surface area contributed by atoms with Crippen molar-refractivity contribution in [2.75, 3.05) is 33.4 Å². The molecule has 1 aromatic carbocycles. The number of nitrogens with two attached hydrogens (primary N) is 1. The Kier molecular flexibility index (Phi) is 5.83. The lowest BCUT2D eigenvalue weighted by molar-refractivity contribution is 0.0554. The lowest BCUT2D eigenvalue weighted by Crippen LogP contribution is -2.31. The predicted molar refractivity (Wildman–Crippen MR) is 79.0 cm³/mol. The molecule has 2 N–H and O–H groups in total. The quantitative estimate of drug-likeness (QED) is 0.855. The summed E-state index contributed by atoms with van der Waals surface area (Å²) in [4.78, 5) is 2.42.